The van der Waals surface area contributed by atoms with Gasteiger partial charge in [0.15, 0.2) is 0 Å². The molecule has 0 spiro atoms. The average molecular weight is 257 g/mol. The van der Waals surface area contributed by atoms with Crippen molar-refractivity contribution in [3.63, 3.8) is 0 Å². The van der Waals surface area contributed by atoms with Crippen LogP contribution >= 0.6 is 0 Å². The van der Waals surface area contributed by atoms with E-state index in [-0.39, 0.29) is 12.0 Å². The molecule has 0 saturated carbocycles. The maximum Gasteiger partial charge on any atom is 0.310 e. The van der Waals surface area contributed by atoms with E-state index in [1.165, 1.54) is 0 Å². The molecule has 0 aromatic heterocycles. The van der Waals surface area contributed by atoms with Crippen molar-refractivity contribution in [3.05, 3.63) is 0 Å². The highest BCUT2D eigenvalue weighted by Crippen LogP contribution is 2.22. The molecule has 0 aromatic carbocycles. The van der Waals surface area contributed by atoms with E-state index in [9.17, 15) is 9.90 Å². The molecule has 2 unspecified atom stereocenters. The van der Waals surface area contributed by atoms with E-state index in [1.54, 1.807) is 0 Å². The first-order valence-corrected chi connectivity index (χ1v) is 7.18. The molecule has 0 aliphatic carbocycles. The summed E-state index contributed by atoms with van der Waals surface area (Å²) in [6, 6.07) is 0.0584. The predicted octanol–water partition coefficient (Wildman–Crippen LogP) is 2.23. The number of hydrogen-bond donors (Lipinski definition) is 1. The quantitative estimate of drug-likeness (QED) is 0.724. The molecule has 4 nitrogen and oxygen atoms in total. The molecule has 0 aromatic rings. The number of aliphatic carboxylic acids is 1. The Hall–Kier alpha value is -0.610. The van der Waals surface area contributed by atoms with Crippen LogP contribution in [0.5, 0.6) is 0 Å². The normalized spacial score (nSPS) is 24.1. The molecule has 0 bridgehead atoms. The van der Waals surface area contributed by atoms with Crippen LogP contribution in [0.4, 0.5) is 0 Å². The van der Waals surface area contributed by atoms with Gasteiger partial charge in [0.25, 0.3) is 0 Å². The fourth-order valence-corrected chi connectivity index (χ4v) is 2.70. The average Bonchev–Trinajstić information content (AvgIpc) is 2.83. The number of ether oxygens (including phenoxy) is 1. The predicted molar refractivity (Wildman–Crippen MR) is 71.7 cm³/mol. The first-order chi connectivity index (χ1) is 8.63. The summed E-state index contributed by atoms with van der Waals surface area (Å²) < 4.78 is 5.38. The summed E-state index contributed by atoms with van der Waals surface area (Å²) in [4.78, 5) is 13.6. The summed E-state index contributed by atoms with van der Waals surface area (Å²) >= 11 is 0. The maximum absolute atomic E-state index is 11.2. The lowest BCUT2D eigenvalue weighted by atomic mass is 9.97. The Morgan fingerprint density at radius 2 is 2.00 bits per heavy atom. The molecular weight excluding hydrogens is 230 g/mol. The van der Waals surface area contributed by atoms with Crippen LogP contribution in [-0.4, -0.2) is 48.3 Å². The first kappa shape index (κ1) is 15.4. The highest BCUT2D eigenvalue weighted by atomic mass is 16.5. The van der Waals surface area contributed by atoms with Crippen molar-refractivity contribution in [2.24, 2.45) is 11.8 Å². The lowest BCUT2D eigenvalue weighted by Gasteiger charge is -2.32. The van der Waals surface area contributed by atoms with Gasteiger partial charge in [0, 0.05) is 12.6 Å². The van der Waals surface area contributed by atoms with Crippen LogP contribution in [0.15, 0.2) is 0 Å². The van der Waals surface area contributed by atoms with Gasteiger partial charge in [-0.15, -0.1) is 0 Å². The van der Waals surface area contributed by atoms with E-state index in [0.717, 1.165) is 32.4 Å². The van der Waals surface area contributed by atoms with Gasteiger partial charge >= 0.3 is 5.97 Å². The summed E-state index contributed by atoms with van der Waals surface area (Å²) in [5.74, 6) is -0.416. The molecule has 1 heterocycles. The number of rotatable bonds is 8. The molecule has 1 aliphatic rings. The van der Waals surface area contributed by atoms with Gasteiger partial charge in [0.05, 0.1) is 19.1 Å². The van der Waals surface area contributed by atoms with E-state index in [2.05, 4.69) is 25.7 Å². The summed E-state index contributed by atoms with van der Waals surface area (Å²) in [6.07, 6.45) is 3.37. The summed E-state index contributed by atoms with van der Waals surface area (Å²) in [7, 11) is 0. The van der Waals surface area contributed by atoms with Crippen molar-refractivity contribution in [2.75, 3.05) is 26.3 Å². The smallest absolute Gasteiger partial charge is 0.310 e. The van der Waals surface area contributed by atoms with Crippen LogP contribution in [-0.2, 0) is 9.53 Å². The highest BCUT2D eigenvalue weighted by Gasteiger charge is 2.37. The minimum Gasteiger partial charge on any atom is -0.481 e. The third kappa shape index (κ3) is 3.95. The van der Waals surface area contributed by atoms with Crippen LogP contribution in [0, 0.1) is 11.8 Å². The Morgan fingerprint density at radius 1 is 1.33 bits per heavy atom. The summed E-state index contributed by atoms with van der Waals surface area (Å²) in [5, 5.41) is 9.24. The molecule has 1 saturated heterocycles. The molecule has 0 radical (unpaired) electrons. The largest absolute Gasteiger partial charge is 0.481 e. The van der Waals surface area contributed by atoms with Gasteiger partial charge in [0.1, 0.15) is 0 Å². The highest BCUT2D eigenvalue weighted by molar-refractivity contribution is 5.71. The van der Waals surface area contributed by atoms with Gasteiger partial charge in [-0.25, -0.2) is 0 Å². The van der Waals surface area contributed by atoms with E-state index in [4.69, 9.17) is 4.74 Å². The van der Waals surface area contributed by atoms with E-state index >= 15 is 0 Å². The SMILES string of the molecule is CCCN(CC(CC)CC)C1COCC1C(=O)O. The number of carboxylic acids is 1. The Kier molecular flexibility index (Phi) is 6.65. The second kappa shape index (κ2) is 7.74. The molecule has 1 rings (SSSR count). The van der Waals surface area contributed by atoms with Crippen LogP contribution in [0.1, 0.15) is 40.0 Å². The van der Waals surface area contributed by atoms with E-state index in [1.807, 2.05) is 0 Å². The van der Waals surface area contributed by atoms with Crippen molar-refractivity contribution >= 4 is 5.97 Å². The molecule has 0 amide bonds. The number of carbonyl (C=O) groups is 1. The van der Waals surface area contributed by atoms with Gasteiger partial charge in [-0.2, -0.15) is 0 Å². The third-order valence-electron chi connectivity index (χ3n) is 3.99. The zero-order valence-corrected chi connectivity index (χ0v) is 11.9. The second-order valence-electron chi connectivity index (χ2n) is 5.23. The van der Waals surface area contributed by atoms with Gasteiger partial charge in [0.2, 0.25) is 0 Å². The maximum atomic E-state index is 11.2. The van der Waals surface area contributed by atoms with Crippen molar-refractivity contribution in [3.8, 4) is 0 Å². The molecule has 1 fully saturated rings. The third-order valence-corrected chi connectivity index (χ3v) is 3.99. The zero-order chi connectivity index (χ0) is 13.5. The molecule has 4 heteroatoms. The molecule has 1 aliphatic heterocycles. The van der Waals surface area contributed by atoms with Crippen LogP contribution in [0.25, 0.3) is 0 Å². The first-order valence-electron chi connectivity index (χ1n) is 7.18. The Morgan fingerprint density at radius 3 is 2.50 bits per heavy atom. The Balaban J connectivity index is 2.67. The molecule has 1 N–H and O–H groups in total. The number of hydrogen-bond acceptors (Lipinski definition) is 3. The van der Waals surface area contributed by atoms with Gasteiger partial charge in [-0.05, 0) is 18.9 Å². The molecule has 106 valence electrons. The Bertz CT molecular complexity index is 253. The lowest BCUT2D eigenvalue weighted by Crippen LogP contribution is -2.45. The van der Waals surface area contributed by atoms with Crippen molar-refractivity contribution < 1.29 is 14.6 Å². The lowest BCUT2D eigenvalue weighted by molar-refractivity contribution is -0.143. The summed E-state index contributed by atoms with van der Waals surface area (Å²) in [5.41, 5.74) is 0. The minimum atomic E-state index is -0.719. The second-order valence-corrected chi connectivity index (χ2v) is 5.23. The van der Waals surface area contributed by atoms with Crippen LogP contribution < -0.4 is 0 Å². The van der Waals surface area contributed by atoms with Crippen molar-refractivity contribution in [2.45, 2.75) is 46.1 Å². The summed E-state index contributed by atoms with van der Waals surface area (Å²) in [6.45, 7) is 9.45. The number of carboxylic acid groups (broad SMARTS) is 1. The fraction of sp³-hybridized carbons (Fsp3) is 0.929. The molecule has 2 atom stereocenters. The van der Waals surface area contributed by atoms with E-state index in [0.29, 0.717) is 19.1 Å². The minimum absolute atomic E-state index is 0.0584. The molecule has 18 heavy (non-hydrogen) atoms. The van der Waals surface area contributed by atoms with Gasteiger partial charge < -0.3 is 9.84 Å². The van der Waals surface area contributed by atoms with E-state index < -0.39 is 5.97 Å². The van der Waals surface area contributed by atoms with Gasteiger partial charge in [-0.1, -0.05) is 33.6 Å². The standard InChI is InChI=1S/C14H27NO3/c1-4-7-15(8-11(5-2)6-3)13-10-18-9-12(13)14(16)17/h11-13H,4-10H2,1-3H3,(H,16,17). The van der Waals surface area contributed by atoms with Gasteiger partial charge in [-0.3, -0.25) is 9.69 Å². The van der Waals surface area contributed by atoms with Crippen LogP contribution in [0.2, 0.25) is 0 Å². The zero-order valence-electron chi connectivity index (χ0n) is 11.9. The van der Waals surface area contributed by atoms with Crippen LogP contribution in [0.3, 0.4) is 0 Å². The fourth-order valence-electron chi connectivity index (χ4n) is 2.70. The van der Waals surface area contributed by atoms with Crippen molar-refractivity contribution in [1.29, 1.82) is 0 Å². The topological polar surface area (TPSA) is 49.8 Å². The monoisotopic (exact) mass is 257 g/mol. The Labute approximate surface area is 110 Å². The molecular formula is C14H27NO3. The van der Waals surface area contributed by atoms with Crippen molar-refractivity contribution in [1.82, 2.24) is 4.90 Å². The number of nitrogens with zero attached hydrogens (tertiary/aromatic N) is 1.